The second kappa shape index (κ2) is 4.67. The van der Waals surface area contributed by atoms with Gasteiger partial charge in [0.1, 0.15) is 0 Å². The summed E-state index contributed by atoms with van der Waals surface area (Å²) in [5.41, 5.74) is 0. The molecule has 0 radical (unpaired) electrons. The zero-order chi connectivity index (χ0) is 4.83. The third-order valence-electron chi connectivity index (χ3n) is 0.487. The van der Waals surface area contributed by atoms with Crippen LogP contribution in [0.1, 0.15) is 6.42 Å². The summed E-state index contributed by atoms with van der Waals surface area (Å²) in [5.74, 6) is 0. The highest BCUT2D eigenvalue weighted by atomic mass is 28.2. The van der Waals surface area contributed by atoms with Crippen molar-refractivity contribution in [3.63, 3.8) is 0 Å². The lowest BCUT2D eigenvalue weighted by molar-refractivity contribution is 0.934. The van der Waals surface area contributed by atoms with Crippen molar-refractivity contribution >= 4 is 10.4 Å². The van der Waals surface area contributed by atoms with Crippen molar-refractivity contribution in [1.29, 1.82) is 5.26 Å². The summed E-state index contributed by atoms with van der Waals surface area (Å²) in [6.07, 6.45) is 0.642. The van der Waals surface area contributed by atoms with Crippen LogP contribution < -0.4 is 4.98 Å². The van der Waals surface area contributed by atoms with Crippen LogP contribution in [-0.2, 0) is 0 Å². The Morgan fingerprint density at radius 2 is 2.50 bits per heavy atom. The first-order valence-electron chi connectivity index (χ1n) is 1.93. The van der Waals surface area contributed by atoms with E-state index in [1.54, 1.807) is 0 Å². The predicted molar refractivity (Wildman–Crippen MR) is 28.2 cm³/mol. The van der Waals surface area contributed by atoms with Crippen molar-refractivity contribution in [3.8, 4) is 6.07 Å². The number of nitrogens with zero attached hydrogens (tertiary/aromatic N) is 1. The zero-order valence-corrected chi connectivity index (χ0v) is 5.86. The minimum Gasteiger partial charge on any atom is -0.344 e. The van der Waals surface area contributed by atoms with E-state index in [4.69, 9.17) is 5.26 Å². The van der Waals surface area contributed by atoms with Crippen LogP contribution >= 0.6 is 0 Å². The minimum atomic E-state index is 0.642. The summed E-state index contributed by atoms with van der Waals surface area (Å²) in [7, 11) is 1.00. The predicted octanol–water partition coefficient (Wildman–Crippen LogP) is -1.23. The number of hydrogen-bond acceptors (Lipinski definition) is 2. The molecule has 34 valence electrons. The Labute approximate surface area is 40.7 Å². The van der Waals surface area contributed by atoms with E-state index in [0.717, 1.165) is 16.9 Å². The van der Waals surface area contributed by atoms with E-state index in [-0.39, 0.29) is 0 Å². The summed E-state index contributed by atoms with van der Waals surface area (Å²) in [5, 5.41) is 7.92. The maximum Gasteiger partial charge on any atom is 0.0749 e. The molecule has 0 aromatic carbocycles. The lowest BCUT2D eigenvalue weighted by Crippen LogP contribution is -2.08. The van der Waals surface area contributed by atoms with E-state index >= 15 is 0 Å². The maximum atomic E-state index is 7.92. The fourth-order valence-electron chi connectivity index (χ4n) is 0.181. The van der Waals surface area contributed by atoms with Crippen LogP contribution in [-0.4, -0.2) is 16.9 Å². The van der Waals surface area contributed by atoms with Gasteiger partial charge in [0.2, 0.25) is 0 Å². The van der Waals surface area contributed by atoms with Gasteiger partial charge < -0.3 is 4.98 Å². The molecule has 0 aliphatic carbocycles. The van der Waals surface area contributed by atoms with Crippen LogP contribution in [0, 0.1) is 11.3 Å². The lowest BCUT2D eigenvalue weighted by Gasteiger charge is -1.83. The Morgan fingerprint density at radius 1 is 1.83 bits per heavy atom. The molecule has 0 atom stereocenters. The van der Waals surface area contributed by atoms with E-state index in [1.165, 1.54) is 0 Å². The SMILES string of the molecule is N#CCCN[SiH3]. The Kier molecular flexibility index (Phi) is 4.41. The molecule has 3 heteroatoms. The second-order valence-electron chi connectivity index (χ2n) is 1.01. The van der Waals surface area contributed by atoms with Crippen LogP contribution in [0.3, 0.4) is 0 Å². The average Bonchev–Trinajstić information content (AvgIpc) is 1.61. The summed E-state index contributed by atoms with van der Waals surface area (Å²) in [6, 6.07) is 2.03. The Bertz CT molecular complexity index is 56.3. The highest BCUT2D eigenvalue weighted by Crippen LogP contribution is 1.63. The van der Waals surface area contributed by atoms with Gasteiger partial charge in [0.15, 0.2) is 0 Å². The number of nitrogens with one attached hydrogen (secondary N) is 1. The molecule has 6 heavy (non-hydrogen) atoms. The summed E-state index contributed by atoms with van der Waals surface area (Å²) < 4.78 is 0. The molecule has 0 heterocycles. The van der Waals surface area contributed by atoms with Crippen LogP contribution in [0.15, 0.2) is 0 Å². The Balaban J connectivity index is 2.54. The normalized spacial score (nSPS) is 7.83. The molecule has 0 aliphatic rings. The number of hydrogen-bond donors (Lipinski definition) is 1. The van der Waals surface area contributed by atoms with Crippen molar-refractivity contribution < 1.29 is 0 Å². The molecule has 0 spiro atoms. The van der Waals surface area contributed by atoms with Gasteiger partial charge in [0.25, 0.3) is 0 Å². The quantitative estimate of drug-likeness (QED) is 0.348. The number of rotatable bonds is 2. The molecule has 0 amide bonds. The molecular weight excluding hydrogens is 92.1 g/mol. The van der Waals surface area contributed by atoms with Crippen molar-refractivity contribution in [2.45, 2.75) is 6.42 Å². The Hall–Kier alpha value is -0.333. The third kappa shape index (κ3) is 3.67. The van der Waals surface area contributed by atoms with Gasteiger partial charge in [-0.2, -0.15) is 5.26 Å². The van der Waals surface area contributed by atoms with Crippen molar-refractivity contribution in [3.05, 3.63) is 0 Å². The average molecular weight is 100 g/mol. The highest BCUT2D eigenvalue weighted by Gasteiger charge is 1.71. The van der Waals surface area contributed by atoms with Crippen LogP contribution in [0.25, 0.3) is 0 Å². The molecule has 0 aliphatic heterocycles. The molecule has 0 bridgehead atoms. The van der Waals surface area contributed by atoms with E-state index in [0.29, 0.717) is 6.42 Å². The van der Waals surface area contributed by atoms with Gasteiger partial charge in [-0.25, -0.2) is 0 Å². The smallest absolute Gasteiger partial charge is 0.0749 e. The minimum absolute atomic E-state index is 0.642. The topological polar surface area (TPSA) is 35.8 Å². The third-order valence-corrected chi connectivity index (χ3v) is 0.987. The van der Waals surface area contributed by atoms with Crippen LogP contribution in [0.4, 0.5) is 0 Å². The van der Waals surface area contributed by atoms with Gasteiger partial charge >= 0.3 is 0 Å². The molecule has 0 unspecified atom stereocenters. The molecule has 0 rings (SSSR count). The fourth-order valence-corrected chi connectivity index (χ4v) is 0.431. The summed E-state index contributed by atoms with van der Waals surface area (Å²) in [4.78, 5) is 2.98. The Morgan fingerprint density at radius 3 is 2.67 bits per heavy atom. The van der Waals surface area contributed by atoms with E-state index in [1.807, 2.05) is 6.07 Å². The second-order valence-corrected chi connectivity index (χ2v) is 1.72. The van der Waals surface area contributed by atoms with Crippen molar-refractivity contribution in [2.75, 3.05) is 6.54 Å². The first kappa shape index (κ1) is 5.67. The van der Waals surface area contributed by atoms with Gasteiger partial charge in [0, 0.05) is 13.0 Å². The molecule has 1 N–H and O–H groups in total. The van der Waals surface area contributed by atoms with Gasteiger partial charge in [-0.15, -0.1) is 0 Å². The van der Waals surface area contributed by atoms with Crippen molar-refractivity contribution in [2.24, 2.45) is 0 Å². The monoisotopic (exact) mass is 100 g/mol. The molecule has 0 aromatic rings. The molecule has 0 aromatic heterocycles. The van der Waals surface area contributed by atoms with Crippen LogP contribution in [0.5, 0.6) is 0 Å². The van der Waals surface area contributed by atoms with Gasteiger partial charge in [-0.1, -0.05) is 0 Å². The highest BCUT2D eigenvalue weighted by molar-refractivity contribution is 6.04. The first-order valence-corrected chi connectivity index (χ1v) is 2.93. The van der Waals surface area contributed by atoms with Crippen molar-refractivity contribution in [1.82, 2.24) is 4.98 Å². The van der Waals surface area contributed by atoms with Gasteiger partial charge in [0.05, 0.1) is 16.5 Å². The van der Waals surface area contributed by atoms with Gasteiger partial charge in [-0.3, -0.25) is 0 Å². The largest absolute Gasteiger partial charge is 0.344 e. The van der Waals surface area contributed by atoms with E-state index in [9.17, 15) is 0 Å². The zero-order valence-electron chi connectivity index (χ0n) is 3.86. The molecule has 0 saturated carbocycles. The standard InChI is InChI=1S/C3H8N2Si/c4-2-1-3-5-6/h5H,1,3H2,6H3. The first-order chi connectivity index (χ1) is 2.91. The molecule has 2 nitrogen and oxygen atoms in total. The molecular formula is C3H8N2Si. The van der Waals surface area contributed by atoms with Crippen LogP contribution in [0.2, 0.25) is 0 Å². The summed E-state index contributed by atoms with van der Waals surface area (Å²) >= 11 is 0. The molecule has 0 fully saturated rings. The van der Waals surface area contributed by atoms with E-state index in [2.05, 4.69) is 4.98 Å². The lowest BCUT2D eigenvalue weighted by atomic mass is 10.5. The number of nitriles is 1. The molecule has 0 saturated heterocycles. The maximum absolute atomic E-state index is 7.92. The summed E-state index contributed by atoms with van der Waals surface area (Å²) in [6.45, 7) is 0.864. The van der Waals surface area contributed by atoms with E-state index < -0.39 is 0 Å². The van der Waals surface area contributed by atoms with Gasteiger partial charge in [-0.05, 0) is 0 Å². The fraction of sp³-hybridized carbons (Fsp3) is 0.667.